The highest BCUT2D eigenvalue weighted by molar-refractivity contribution is 5.94. The van der Waals surface area contributed by atoms with Crippen LogP contribution in [0.1, 0.15) is 35.4 Å². The van der Waals surface area contributed by atoms with Gasteiger partial charge in [-0.1, -0.05) is 5.16 Å². The summed E-state index contributed by atoms with van der Waals surface area (Å²) in [4.78, 5) is 14.2. The third kappa shape index (κ3) is 2.33. The Bertz CT molecular complexity index is 491. The molecule has 20 heavy (non-hydrogen) atoms. The van der Waals surface area contributed by atoms with Gasteiger partial charge in [0, 0.05) is 26.6 Å². The zero-order valence-corrected chi connectivity index (χ0v) is 11.9. The maximum Gasteiger partial charge on any atom is 0.259 e. The van der Waals surface area contributed by atoms with Crippen molar-refractivity contribution in [3.05, 3.63) is 17.5 Å². The first kappa shape index (κ1) is 13.6. The average Bonchev–Trinajstić information content (AvgIpc) is 3.06. The van der Waals surface area contributed by atoms with Gasteiger partial charge in [0.1, 0.15) is 11.3 Å². The quantitative estimate of drug-likeness (QED) is 0.819. The molecule has 2 aliphatic rings. The maximum atomic E-state index is 12.4. The van der Waals surface area contributed by atoms with Crippen molar-refractivity contribution in [3.63, 3.8) is 0 Å². The fraction of sp³-hybridized carbons (Fsp3) is 0.714. The van der Waals surface area contributed by atoms with Gasteiger partial charge >= 0.3 is 0 Å². The van der Waals surface area contributed by atoms with Crippen molar-refractivity contribution < 1.29 is 18.8 Å². The lowest BCUT2D eigenvalue weighted by Crippen LogP contribution is -2.46. The molecule has 0 bridgehead atoms. The molecule has 6 heteroatoms. The van der Waals surface area contributed by atoms with Gasteiger partial charge < -0.3 is 18.9 Å². The van der Waals surface area contributed by atoms with E-state index in [1.54, 1.807) is 14.0 Å². The molecule has 1 atom stereocenters. The van der Waals surface area contributed by atoms with Crippen LogP contribution >= 0.6 is 0 Å². The number of carbonyl (C=O) groups is 1. The molecule has 0 saturated carbocycles. The number of carbonyl (C=O) groups excluding carboxylic acids is 1. The highest BCUT2D eigenvalue weighted by Gasteiger charge is 2.43. The third-order valence-corrected chi connectivity index (χ3v) is 4.45. The molecule has 3 heterocycles. The van der Waals surface area contributed by atoms with E-state index in [4.69, 9.17) is 14.0 Å². The molecule has 110 valence electrons. The Hall–Kier alpha value is -1.40. The Morgan fingerprint density at radius 3 is 2.80 bits per heavy atom. The summed E-state index contributed by atoms with van der Waals surface area (Å²) in [6, 6.07) is 0. The Morgan fingerprint density at radius 2 is 2.25 bits per heavy atom. The first-order valence-corrected chi connectivity index (χ1v) is 7.01. The van der Waals surface area contributed by atoms with Crippen LogP contribution in [0, 0.1) is 6.92 Å². The van der Waals surface area contributed by atoms with Crippen molar-refractivity contribution in [1.29, 1.82) is 0 Å². The van der Waals surface area contributed by atoms with Crippen LogP contribution in [0.3, 0.4) is 0 Å². The minimum absolute atomic E-state index is 0.000103. The number of hydrogen-bond acceptors (Lipinski definition) is 5. The smallest absolute Gasteiger partial charge is 0.259 e. The summed E-state index contributed by atoms with van der Waals surface area (Å²) in [6.07, 6.45) is 4.34. The molecule has 0 aliphatic carbocycles. The van der Waals surface area contributed by atoms with Crippen molar-refractivity contribution >= 4 is 5.91 Å². The minimum atomic E-state index is -0.0961. The summed E-state index contributed by atoms with van der Waals surface area (Å²) in [6.45, 7) is 3.84. The van der Waals surface area contributed by atoms with Gasteiger partial charge in [0.05, 0.1) is 24.5 Å². The Labute approximate surface area is 118 Å². The SMILES string of the molecule is CO[C@H]1COC2(CCN(C(=O)c3cnoc3C)CC2)C1. The number of nitrogens with zero attached hydrogens (tertiary/aromatic N) is 2. The van der Waals surface area contributed by atoms with Gasteiger partial charge in [-0.25, -0.2) is 0 Å². The molecule has 3 rings (SSSR count). The van der Waals surface area contributed by atoms with E-state index >= 15 is 0 Å². The second kappa shape index (κ2) is 5.18. The largest absolute Gasteiger partial charge is 0.379 e. The highest BCUT2D eigenvalue weighted by atomic mass is 16.6. The van der Waals surface area contributed by atoms with E-state index in [1.807, 2.05) is 4.90 Å². The van der Waals surface area contributed by atoms with E-state index in [1.165, 1.54) is 6.20 Å². The summed E-state index contributed by atoms with van der Waals surface area (Å²) in [5.74, 6) is 0.576. The van der Waals surface area contributed by atoms with Crippen molar-refractivity contribution in [2.24, 2.45) is 0 Å². The number of hydrogen-bond donors (Lipinski definition) is 0. The standard InChI is InChI=1S/C14H20N2O4/c1-10-12(8-15-20-10)13(17)16-5-3-14(4-6-16)7-11(18-2)9-19-14/h8,11H,3-7,9H2,1-2H3/t11-/m1/s1. The van der Waals surface area contributed by atoms with Crippen LogP contribution in [0.5, 0.6) is 0 Å². The van der Waals surface area contributed by atoms with Gasteiger partial charge in [0.2, 0.25) is 0 Å². The number of ether oxygens (including phenoxy) is 2. The summed E-state index contributed by atoms with van der Waals surface area (Å²) < 4.78 is 16.3. The number of piperidine rings is 1. The van der Waals surface area contributed by atoms with Crippen LogP contribution in [0.25, 0.3) is 0 Å². The predicted octanol–water partition coefficient (Wildman–Crippen LogP) is 1.39. The van der Waals surface area contributed by atoms with E-state index in [-0.39, 0.29) is 17.6 Å². The predicted molar refractivity (Wildman–Crippen MR) is 70.5 cm³/mol. The first-order chi connectivity index (χ1) is 9.63. The van der Waals surface area contributed by atoms with E-state index in [0.29, 0.717) is 31.0 Å². The van der Waals surface area contributed by atoms with Crippen molar-refractivity contribution in [2.45, 2.75) is 37.9 Å². The lowest BCUT2D eigenvalue weighted by Gasteiger charge is -2.38. The minimum Gasteiger partial charge on any atom is -0.379 e. The molecule has 6 nitrogen and oxygen atoms in total. The van der Waals surface area contributed by atoms with Gasteiger partial charge in [-0.05, 0) is 19.8 Å². The Kier molecular flexibility index (Phi) is 3.52. The van der Waals surface area contributed by atoms with E-state index < -0.39 is 0 Å². The molecule has 2 aliphatic heterocycles. The summed E-state index contributed by atoms with van der Waals surface area (Å²) in [5.41, 5.74) is 0.462. The maximum absolute atomic E-state index is 12.4. The number of likely N-dealkylation sites (tertiary alicyclic amines) is 1. The molecule has 1 aromatic rings. The zero-order chi connectivity index (χ0) is 14.2. The van der Waals surface area contributed by atoms with Gasteiger partial charge in [0.25, 0.3) is 5.91 Å². The molecule has 0 unspecified atom stereocenters. The van der Waals surface area contributed by atoms with Crippen LogP contribution in [0.4, 0.5) is 0 Å². The van der Waals surface area contributed by atoms with Gasteiger partial charge in [-0.3, -0.25) is 4.79 Å². The lowest BCUT2D eigenvalue weighted by atomic mass is 9.88. The van der Waals surface area contributed by atoms with Gasteiger partial charge in [-0.15, -0.1) is 0 Å². The van der Waals surface area contributed by atoms with E-state index in [2.05, 4.69) is 5.16 Å². The van der Waals surface area contributed by atoms with Crippen LogP contribution in [-0.2, 0) is 9.47 Å². The molecule has 2 saturated heterocycles. The molecular weight excluding hydrogens is 260 g/mol. The number of aryl methyl sites for hydroxylation is 1. The molecule has 0 N–H and O–H groups in total. The Balaban J connectivity index is 1.62. The van der Waals surface area contributed by atoms with Crippen LogP contribution < -0.4 is 0 Å². The molecule has 0 radical (unpaired) electrons. The fourth-order valence-corrected chi connectivity index (χ4v) is 3.09. The first-order valence-electron chi connectivity index (χ1n) is 7.01. The molecule has 1 amide bonds. The second-order valence-electron chi connectivity index (χ2n) is 5.64. The molecule has 1 aromatic heterocycles. The van der Waals surface area contributed by atoms with Gasteiger partial charge in [0.15, 0.2) is 0 Å². The van der Waals surface area contributed by atoms with Crippen molar-refractivity contribution in [3.8, 4) is 0 Å². The highest BCUT2D eigenvalue weighted by Crippen LogP contribution is 2.37. The van der Waals surface area contributed by atoms with Crippen LogP contribution in [0.2, 0.25) is 0 Å². The third-order valence-electron chi connectivity index (χ3n) is 4.45. The molecule has 1 spiro atoms. The van der Waals surface area contributed by atoms with E-state index in [9.17, 15) is 4.79 Å². The molecule has 0 aromatic carbocycles. The summed E-state index contributed by atoms with van der Waals surface area (Å²) >= 11 is 0. The number of aromatic nitrogens is 1. The van der Waals surface area contributed by atoms with Crippen molar-refractivity contribution in [2.75, 3.05) is 26.8 Å². The molecular formula is C14H20N2O4. The van der Waals surface area contributed by atoms with Crippen molar-refractivity contribution in [1.82, 2.24) is 10.1 Å². The van der Waals surface area contributed by atoms with Gasteiger partial charge in [-0.2, -0.15) is 0 Å². The lowest BCUT2D eigenvalue weighted by molar-refractivity contribution is -0.0402. The average molecular weight is 280 g/mol. The number of methoxy groups -OCH3 is 1. The van der Waals surface area contributed by atoms with E-state index in [0.717, 1.165) is 19.3 Å². The normalized spacial score (nSPS) is 25.3. The monoisotopic (exact) mass is 280 g/mol. The molecule has 2 fully saturated rings. The number of amides is 1. The summed E-state index contributed by atoms with van der Waals surface area (Å²) in [7, 11) is 1.72. The topological polar surface area (TPSA) is 64.8 Å². The second-order valence-corrected chi connectivity index (χ2v) is 5.64. The van der Waals surface area contributed by atoms with Crippen LogP contribution in [0.15, 0.2) is 10.7 Å². The van der Waals surface area contributed by atoms with Crippen LogP contribution in [-0.4, -0.2) is 54.5 Å². The number of rotatable bonds is 2. The summed E-state index contributed by atoms with van der Waals surface area (Å²) in [5, 5.41) is 3.67. The Morgan fingerprint density at radius 1 is 1.50 bits per heavy atom. The zero-order valence-electron chi connectivity index (χ0n) is 11.9. The fourth-order valence-electron chi connectivity index (χ4n) is 3.09.